The molecule has 1 aliphatic heterocycles. The van der Waals surface area contributed by atoms with Gasteiger partial charge in [0.25, 0.3) is 0 Å². The van der Waals surface area contributed by atoms with Gasteiger partial charge in [-0.1, -0.05) is 0 Å². The minimum atomic E-state index is 0.582. The number of epoxide rings is 1. The highest BCUT2D eigenvalue weighted by atomic mass is 16.6. The maximum Gasteiger partial charge on any atom is 0.0991 e. The zero-order chi connectivity index (χ0) is 10.4. The first-order valence-electron chi connectivity index (χ1n) is 4.28. The normalized spacial score (nSPS) is 16.9. The Morgan fingerprint density at radius 1 is 1.14 bits per heavy atom. The molecule has 3 heteroatoms. The molecule has 3 nitrogen and oxygen atoms in total. The van der Waals surface area contributed by atoms with Gasteiger partial charge in [-0.25, -0.2) is 0 Å². The summed E-state index contributed by atoms with van der Waals surface area (Å²) in [6.07, 6.45) is 0.583. The molecule has 0 aliphatic carbocycles. The third kappa shape index (κ3) is 3.71. The second-order valence-electron chi connectivity index (χ2n) is 2.94. The van der Waals surface area contributed by atoms with Crippen LogP contribution in [0.2, 0.25) is 0 Å². The summed E-state index contributed by atoms with van der Waals surface area (Å²) in [4.78, 5) is 0. The fourth-order valence-electron chi connectivity index (χ4n) is 0.716. The number of nitriles is 2. The lowest BCUT2D eigenvalue weighted by atomic mass is 10.2. The third-order valence-electron chi connectivity index (χ3n) is 1.64. The van der Waals surface area contributed by atoms with Crippen LogP contribution in [0.1, 0.15) is 18.1 Å². The number of nitrogens with zero attached hydrogens (tertiary/aromatic N) is 2. The van der Waals surface area contributed by atoms with Gasteiger partial charge < -0.3 is 4.74 Å². The van der Waals surface area contributed by atoms with Crippen molar-refractivity contribution in [3.63, 3.8) is 0 Å². The number of rotatable bonds is 0. The first-order valence-corrected chi connectivity index (χ1v) is 4.28. The molecule has 0 amide bonds. The summed E-state index contributed by atoms with van der Waals surface area (Å²) in [5.41, 5.74) is 1.16. The Hall–Kier alpha value is -1.84. The van der Waals surface area contributed by atoms with Crippen molar-refractivity contribution in [3.8, 4) is 12.1 Å². The van der Waals surface area contributed by atoms with Crippen molar-refractivity contribution in [3.05, 3.63) is 35.4 Å². The smallest absolute Gasteiger partial charge is 0.0991 e. The lowest BCUT2D eigenvalue weighted by molar-refractivity contribution is 0.423. The number of hydrogen-bond acceptors (Lipinski definition) is 3. The molecule has 1 saturated heterocycles. The summed E-state index contributed by atoms with van der Waals surface area (Å²) in [6, 6.07) is 10.4. The van der Waals surface area contributed by atoms with Crippen LogP contribution in [0.15, 0.2) is 24.3 Å². The van der Waals surface area contributed by atoms with Gasteiger partial charge in [0.05, 0.1) is 36.0 Å². The Balaban J connectivity index is 0.000000203. The lowest BCUT2D eigenvalue weighted by Gasteiger charge is -1.85. The van der Waals surface area contributed by atoms with Crippen LogP contribution in [0.4, 0.5) is 0 Å². The molecule has 1 aromatic rings. The minimum absolute atomic E-state index is 0.582. The zero-order valence-corrected chi connectivity index (χ0v) is 7.90. The fourth-order valence-corrected chi connectivity index (χ4v) is 0.716. The Kier molecular flexibility index (Phi) is 3.67. The zero-order valence-electron chi connectivity index (χ0n) is 7.90. The quantitative estimate of drug-likeness (QED) is 0.581. The Morgan fingerprint density at radius 2 is 1.43 bits per heavy atom. The van der Waals surface area contributed by atoms with E-state index in [0.29, 0.717) is 17.2 Å². The average Bonchev–Trinajstić information content (AvgIpc) is 3.02. The maximum atomic E-state index is 8.37. The lowest BCUT2D eigenvalue weighted by Crippen LogP contribution is -1.74. The summed E-state index contributed by atoms with van der Waals surface area (Å²) in [6.45, 7) is 3.04. The summed E-state index contributed by atoms with van der Waals surface area (Å²) < 4.78 is 4.71. The monoisotopic (exact) mass is 186 g/mol. The number of hydrogen-bond donors (Lipinski definition) is 0. The van der Waals surface area contributed by atoms with Gasteiger partial charge in [-0.05, 0) is 31.2 Å². The van der Waals surface area contributed by atoms with E-state index in [2.05, 4.69) is 6.92 Å². The van der Waals surface area contributed by atoms with Crippen molar-refractivity contribution in [2.75, 3.05) is 6.61 Å². The van der Waals surface area contributed by atoms with Gasteiger partial charge in [0.2, 0.25) is 0 Å². The predicted molar refractivity (Wildman–Crippen MR) is 51.3 cm³/mol. The Bertz CT molecular complexity index is 333. The van der Waals surface area contributed by atoms with Gasteiger partial charge >= 0.3 is 0 Å². The molecule has 0 aromatic heterocycles. The van der Waals surface area contributed by atoms with E-state index < -0.39 is 0 Å². The molecule has 1 fully saturated rings. The van der Waals surface area contributed by atoms with Crippen LogP contribution >= 0.6 is 0 Å². The highest BCUT2D eigenvalue weighted by molar-refractivity contribution is 5.36. The number of benzene rings is 1. The summed E-state index contributed by atoms with van der Waals surface area (Å²) in [5, 5.41) is 16.7. The van der Waals surface area contributed by atoms with E-state index in [1.807, 2.05) is 12.1 Å². The summed E-state index contributed by atoms with van der Waals surface area (Å²) in [5.74, 6) is 0. The van der Waals surface area contributed by atoms with Gasteiger partial charge in [-0.3, -0.25) is 0 Å². The van der Waals surface area contributed by atoms with Crippen LogP contribution in [-0.4, -0.2) is 12.7 Å². The highest BCUT2D eigenvalue weighted by Gasteiger charge is 2.13. The van der Waals surface area contributed by atoms with Crippen LogP contribution in [0.5, 0.6) is 0 Å². The molecule has 1 aromatic carbocycles. The molecule has 14 heavy (non-hydrogen) atoms. The molecule has 0 spiro atoms. The minimum Gasteiger partial charge on any atom is -0.373 e. The highest BCUT2D eigenvalue weighted by Crippen LogP contribution is 2.04. The van der Waals surface area contributed by atoms with E-state index in [0.717, 1.165) is 6.61 Å². The Labute approximate surface area is 83.2 Å². The Morgan fingerprint density at radius 3 is 1.57 bits per heavy atom. The van der Waals surface area contributed by atoms with Crippen molar-refractivity contribution in [1.29, 1.82) is 10.5 Å². The topological polar surface area (TPSA) is 60.1 Å². The van der Waals surface area contributed by atoms with E-state index in [4.69, 9.17) is 15.3 Å². The summed E-state index contributed by atoms with van der Waals surface area (Å²) >= 11 is 0. The van der Waals surface area contributed by atoms with Gasteiger partial charge in [0, 0.05) is 0 Å². The molecule has 0 N–H and O–H groups in total. The molecule has 1 atom stereocenters. The number of ether oxygens (including phenoxy) is 1. The van der Waals surface area contributed by atoms with Crippen molar-refractivity contribution < 1.29 is 4.74 Å². The van der Waals surface area contributed by atoms with E-state index in [1.165, 1.54) is 0 Å². The summed E-state index contributed by atoms with van der Waals surface area (Å²) in [7, 11) is 0. The second kappa shape index (κ2) is 5.01. The first kappa shape index (κ1) is 10.2. The van der Waals surface area contributed by atoms with Crippen LogP contribution in [0.25, 0.3) is 0 Å². The molecule has 0 bridgehead atoms. The van der Waals surface area contributed by atoms with Crippen molar-refractivity contribution in [2.45, 2.75) is 13.0 Å². The standard InChI is InChI=1S/C8H4N2.C3H6O/c9-5-7-1-2-8(6-10)4-3-7;1-3-2-4-3/h1-4H;3H,2H2,1H3. The van der Waals surface area contributed by atoms with Gasteiger partial charge in [0.1, 0.15) is 0 Å². The van der Waals surface area contributed by atoms with E-state index in [9.17, 15) is 0 Å². The SMILES string of the molecule is CC1CO1.N#Cc1ccc(C#N)cc1. The van der Waals surface area contributed by atoms with Crippen LogP contribution in [-0.2, 0) is 4.74 Å². The molecule has 1 aliphatic rings. The first-order chi connectivity index (χ1) is 6.76. The molecule has 2 rings (SSSR count). The van der Waals surface area contributed by atoms with Gasteiger partial charge in [-0.15, -0.1) is 0 Å². The molecule has 0 radical (unpaired) electrons. The molecular formula is C11H10N2O. The second-order valence-corrected chi connectivity index (χ2v) is 2.94. The fraction of sp³-hybridized carbons (Fsp3) is 0.273. The van der Waals surface area contributed by atoms with Crippen LogP contribution in [0, 0.1) is 22.7 Å². The molecule has 1 unspecified atom stereocenters. The van der Waals surface area contributed by atoms with Crippen molar-refractivity contribution >= 4 is 0 Å². The van der Waals surface area contributed by atoms with E-state index in [1.54, 1.807) is 24.3 Å². The molecular weight excluding hydrogens is 176 g/mol. The van der Waals surface area contributed by atoms with Gasteiger partial charge in [-0.2, -0.15) is 10.5 Å². The third-order valence-corrected chi connectivity index (χ3v) is 1.64. The van der Waals surface area contributed by atoms with Gasteiger partial charge in [0.15, 0.2) is 0 Å². The predicted octanol–water partition coefficient (Wildman–Crippen LogP) is 1.84. The van der Waals surface area contributed by atoms with Crippen molar-refractivity contribution in [2.24, 2.45) is 0 Å². The van der Waals surface area contributed by atoms with E-state index in [-0.39, 0.29) is 0 Å². The van der Waals surface area contributed by atoms with Crippen molar-refractivity contribution in [1.82, 2.24) is 0 Å². The maximum absolute atomic E-state index is 8.37. The van der Waals surface area contributed by atoms with Crippen LogP contribution < -0.4 is 0 Å². The molecule has 1 heterocycles. The largest absolute Gasteiger partial charge is 0.373 e. The van der Waals surface area contributed by atoms with E-state index >= 15 is 0 Å². The van der Waals surface area contributed by atoms with Crippen LogP contribution in [0.3, 0.4) is 0 Å². The average molecular weight is 186 g/mol. The molecule has 0 saturated carbocycles. The molecule has 70 valence electrons.